The first-order valence-electron chi connectivity index (χ1n) is 6.63. The Balaban J connectivity index is 2.08. The van der Waals surface area contributed by atoms with Crippen LogP contribution in [-0.4, -0.2) is 20.2 Å². The zero-order valence-electron chi connectivity index (χ0n) is 11.4. The minimum absolute atomic E-state index is 0.971. The topological polar surface area (TPSA) is 54.5 Å². The molecule has 0 aliphatic carbocycles. The number of aromatic nitrogens is 4. The zero-order chi connectivity index (χ0) is 14.2. The molecule has 4 aromatic heterocycles. The summed E-state index contributed by atoms with van der Waals surface area (Å²) >= 11 is 1.73. The van der Waals surface area contributed by atoms with Crippen LogP contribution in [0.4, 0.5) is 0 Å². The van der Waals surface area contributed by atoms with E-state index in [4.69, 9.17) is 0 Å². The van der Waals surface area contributed by atoms with E-state index in [1.807, 2.05) is 49.6 Å². The highest BCUT2D eigenvalue weighted by Crippen LogP contribution is 2.42. The van der Waals surface area contributed by atoms with Gasteiger partial charge in [-0.1, -0.05) is 6.07 Å². The van der Waals surface area contributed by atoms with Gasteiger partial charge in [-0.25, -0.2) is 0 Å². The van der Waals surface area contributed by atoms with Gasteiger partial charge in [0, 0.05) is 39.9 Å². The summed E-state index contributed by atoms with van der Waals surface area (Å²) in [5, 5.41) is 8.25. The Morgan fingerprint density at radius 3 is 2.86 bits per heavy atom. The first kappa shape index (κ1) is 12.2. The van der Waals surface area contributed by atoms with Crippen LogP contribution in [-0.2, 0) is 0 Å². The van der Waals surface area contributed by atoms with Crippen LogP contribution in [0, 0.1) is 6.92 Å². The van der Waals surface area contributed by atoms with E-state index < -0.39 is 0 Å². The fraction of sp³-hybridized carbons (Fsp3) is 0.0625. The molecule has 4 aromatic rings. The van der Waals surface area contributed by atoms with Crippen molar-refractivity contribution < 1.29 is 0 Å². The number of rotatable bonds is 2. The van der Waals surface area contributed by atoms with Gasteiger partial charge < -0.3 is 0 Å². The van der Waals surface area contributed by atoms with Gasteiger partial charge in [-0.05, 0) is 31.2 Å². The minimum atomic E-state index is 0.971. The van der Waals surface area contributed by atoms with Crippen LogP contribution < -0.4 is 0 Å². The third kappa shape index (κ3) is 2.02. The SMILES string of the molecule is Cc1cccc(-c2c(-c3ccn[nH]3)sc3ccncc23)n1. The number of aryl methyl sites for hydroxylation is 1. The molecule has 0 atom stereocenters. The maximum Gasteiger partial charge on any atom is 0.0757 e. The van der Waals surface area contributed by atoms with Crippen LogP contribution in [0.3, 0.4) is 0 Å². The Hall–Kier alpha value is -2.53. The summed E-state index contributed by atoms with van der Waals surface area (Å²) in [6.07, 6.45) is 5.50. The zero-order valence-corrected chi connectivity index (χ0v) is 12.2. The van der Waals surface area contributed by atoms with E-state index in [0.29, 0.717) is 0 Å². The summed E-state index contributed by atoms with van der Waals surface area (Å²) in [5.74, 6) is 0. The molecule has 0 aliphatic heterocycles. The Bertz CT molecular complexity index is 909. The van der Waals surface area contributed by atoms with Crippen molar-refractivity contribution in [2.45, 2.75) is 6.92 Å². The lowest BCUT2D eigenvalue weighted by Gasteiger charge is -2.04. The first-order chi connectivity index (χ1) is 10.3. The monoisotopic (exact) mass is 292 g/mol. The number of hydrogen-bond acceptors (Lipinski definition) is 4. The van der Waals surface area contributed by atoms with Gasteiger partial charge >= 0.3 is 0 Å². The molecule has 0 bridgehead atoms. The van der Waals surface area contributed by atoms with Crippen LogP contribution >= 0.6 is 11.3 Å². The molecule has 4 heterocycles. The number of fused-ring (bicyclic) bond motifs is 1. The number of nitrogens with one attached hydrogen (secondary N) is 1. The second kappa shape index (κ2) is 4.79. The molecule has 0 aromatic carbocycles. The average Bonchev–Trinajstić information content (AvgIpc) is 3.14. The molecular weight excluding hydrogens is 280 g/mol. The van der Waals surface area contributed by atoms with E-state index in [2.05, 4.69) is 20.2 Å². The summed E-state index contributed by atoms with van der Waals surface area (Å²) in [4.78, 5) is 10.1. The quantitative estimate of drug-likeness (QED) is 0.606. The minimum Gasteiger partial charge on any atom is -0.277 e. The molecule has 4 nitrogen and oxygen atoms in total. The molecule has 0 amide bonds. The molecular formula is C16H12N4S. The van der Waals surface area contributed by atoms with Crippen molar-refractivity contribution >= 4 is 21.4 Å². The lowest BCUT2D eigenvalue weighted by molar-refractivity contribution is 1.10. The van der Waals surface area contributed by atoms with Crippen molar-refractivity contribution in [2.24, 2.45) is 0 Å². The number of hydrogen-bond donors (Lipinski definition) is 1. The van der Waals surface area contributed by atoms with Crippen molar-refractivity contribution in [3.8, 4) is 21.8 Å². The maximum absolute atomic E-state index is 4.68. The Morgan fingerprint density at radius 2 is 2.05 bits per heavy atom. The van der Waals surface area contributed by atoms with Crippen molar-refractivity contribution in [1.29, 1.82) is 0 Å². The van der Waals surface area contributed by atoms with E-state index in [0.717, 1.165) is 32.9 Å². The summed E-state index contributed by atoms with van der Waals surface area (Å²) in [6, 6.07) is 10.1. The second-order valence-electron chi connectivity index (χ2n) is 4.81. The van der Waals surface area contributed by atoms with Gasteiger partial charge in [0.25, 0.3) is 0 Å². The predicted molar refractivity (Wildman–Crippen MR) is 85.2 cm³/mol. The lowest BCUT2D eigenvalue weighted by Crippen LogP contribution is -1.87. The highest BCUT2D eigenvalue weighted by molar-refractivity contribution is 7.23. The van der Waals surface area contributed by atoms with Gasteiger partial charge in [-0.15, -0.1) is 11.3 Å². The predicted octanol–water partition coefficient (Wildman–Crippen LogP) is 4.06. The van der Waals surface area contributed by atoms with Gasteiger partial charge in [-0.2, -0.15) is 5.10 Å². The van der Waals surface area contributed by atoms with Gasteiger partial charge in [0.1, 0.15) is 0 Å². The lowest BCUT2D eigenvalue weighted by atomic mass is 10.1. The van der Waals surface area contributed by atoms with Gasteiger partial charge in [-0.3, -0.25) is 15.1 Å². The number of pyridine rings is 2. The van der Waals surface area contributed by atoms with Crippen LogP contribution in [0.15, 0.2) is 48.9 Å². The molecule has 0 radical (unpaired) electrons. The first-order valence-corrected chi connectivity index (χ1v) is 7.45. The highest BCUT2D eigenvalue weighted by atomic mass is 32.1. The van der Waals surface area contributed by atoms with E-state index in [9.17, 15) is 0 Å². The van der Waals surface area contributed by atoms with E-state index in [1.165, 1.54) is 4.70 Å². The standard InChI is InChI=1S/C16H12N4S/c1-10-3-2-4-12(19-10)15-11-9-17-7-6-14(11)21-16(15)13-5-8-18-20-13/h2-9H,1H3,(H,18,20). The summed E-state index contributed by atoms with van der Waals surface area (Å²) < 4.78 is 1.20. The van der Waals surface area contributed by atoms with E-state index in [1.54, 1.807) is 17.5 Å². The number of H-pyrrole nitrogens is 1. The van der Waals surface area contributed by atoms with Crippen molar-refractivity contribution in [3.05, 3.63) is 54.6 Å². The van der Waals surface area contributed by atoms with Crippen LogP contribution in [0.1, 0.15) is 5.69 Å². The fourth-order valence-corrected chi connectivity index (χ4v) is 3.60. The van der Waals surface area contributed by atoms with Crippen LogP contribution in [0.25, 0.3) is 31.9 Å². The van der Waals surface area contributed by atoms with E-state index >= 15 is 0 Å². The Kier molecular flexibility index (Phi) is 2.79. The van der Waals surface area contributed by atoms with E-state index in [-0.39, 0.29) is 0 Å². The number of thiophene rings is 1. The summed E-state index contributed by atoms with van der Waals surface area (Å²) in [7, 11) is 0. The second-order valence-corrected chi connectivity index (χ2v) is 5.86. The molecule has 4 rings (SSSR count). The molecule has 0 unspecified atom stereocenters. The van der Waals surface area contributed by atoms with Gasteiger partial charge in [0.2, 0.25) is 0 Å². The Labute approximate surface area is 125 Å². The van der Waals surface area contributed by atoms with Crippen LogP contribution in [0.2, 0.25) is 0 Å². The molecule has 21 heavy (non-hydrogen) atoms. The normalized spacial score (nSPS) is 11.1. The third-order valence-corrected chi connectivity index (χ3v) is 4.58. The smallest absolute Gasteiger partial charge is 0.0757 e. The molecule has 0 fully saturated rings. The van der Waals surface area contributed by atoms with Crippen molar-refractivity contribution in [2.75, 3.05) is 0 Å². The molecule has 0 saturated heterocycles. The molecule has 102 valence electrons. The summed E-state index contributed by atoms with van der Waals surface area (Å²) in [6.45, 7) is 2.01. The largest absolute Gasteiger partial charge is 0.277 e. The Morgan fingerprint density at radius 1 is 1.10 bits per heavy atom. The third-order valence-electron chi connectivity index (χ3n) is 3.38. The van der Waals surface area contributed by atoms with Gasteiger partial charge in [0.15, 0.2) is 0 Å². The highest BCUT2D eigenvalue weighted by Gasteiger charge is 2.17. The number of nitrogens with zero attached hydrogens (tertiary/aromatic N) is 3. The van der Waals surface area contributed by atoms with Crippen molar-refractivity contribution in [3.63, 3.8) is 0 Å². The molecule has 1 N–H and O–H groups in total. The average molecular weight is 292 g/mol. The van der Waals surface area contributed by atoms with Crippen molar-refractivity contribution in [1.82, 2.24) is 20.2 Å². The van der Waals surface area contributed by atoms with Crippen LogP contribution in [0.5, 0.6) is 0 Å². The molecule has 0 aliphatic rings. The molecule has 0 saturated carbocycles. The summed E-state index contributed by atoms with van der Waals surface area (Å²) in [5.41, 5.74) is 4.11. The molecule has 0 spiro atoms. The maximum atomic E-state index is 4.68. The van der Waals surface area contributed by atoms with Gasteiger partial charge in [0.05, 0.1) is 16.3 Å². The fourth-order valence-electron chi connectivity index (χ4n) is 2.45. The number of aromatic amines is 1. The molecule has 5 heteroatoms.